The monoisotopic (exact) mass is 505 g/mol. The van der Waals surface area contributed by atoms with Crippen molar-refractivity contribution in [1.82, 2.24) is 15.5 Å². The average Bonchev–Trinajstić information content (AvgIpc) is 3.19. The zero-order chi connectivity index (χ0) is 25.4. The van der Waals surface area contributed by atoms with E-state index in [1.165, 1.54) is 4.90 Å². The number of alkyl halides is 2. The van der Waals surface area contributed by atoms with Gasteiger partial charge in [0.25, 0.3) is 5.91 Å². The molecule has 2 N–H and O–H groups in total. The molecule has 0 aromatic heterocycles. The molecular weight excluding hydrogens is 471 g/mol. The first-order chi connectivity index (χ1) is 17.3. The molecule has 4 aliphatic rings. The summed E-state index contributed by atoms with van der Waals surface area (Å²) in [6, 6.07) is 2.88. The summed E-state index contributed by atoms with van der Waals surface area (Å²) < 4.78 is 47.7. The summed E-state index contributed by atoms with van der Waals surface area (Å²) in [7, 11) is 0. The minimum absolute atomic E-state index is 0.0247. The van der Waals surface area contributed by atoms with Crippen molar-refractivity contribution in [3.05, 3.63) is 46.9 Å². The van der Waals surface area contributed by atoms with Gasteiger partial charge in [-0.2, -0.15) is 0 Å². The van der Waals surface area contributed by atoms with Gasteiger partial charge in [0.1, 0.15) is 11.9 Å². The molecule has 5 rings (SSSR count). The van der Waals surface area contributed by atoms with Crippen molar-refractivity contribution in [2.24, 2.45) is 5.92 Å². The molecule has 3 heterocycles. The number of hydrogen-bond donors (Lipinski definition) is 2. The number of allylic oxidation sites excluding steroid dienone is 1. The molecule has 9 heteroatoms. The van der Waals surface area contributed by atoms with Gasteiger partial charge in [-0.15, -0.1) is 0 Å². The summed E-state index contributed by atoms with van der Waals surface area (Å²) in [5, 5.41) is 6.32. The largest absolute Gasteiger partial charge is 0.376 e. The number of benzene rings is 1. The van der Waals surface area contributed by atoms with Crippen molar-refractivity contribution in [3.63, 3.8) is 0 Å². The van der Waals surface area contributed by atoms with Crippen LogP contribution < -0.4 is 10.6 Å². The lowest BCUT2D eigenvalue weighted by Crippen LogP contribution is -2.50. The molecule has 0 bridgehead atoms. The maximum absolute atomic E-state index is 15.7. The van der Waals surface area contributed by atoms with E-state index in [1.54, 1.807) is 12.1 Å². The van der Waals surface area contributed by atoms with E-state index >= 15 is 4.39 Å². The fraction of sp³-hybridized carbons (Fsp3) is 0.630. The molecule has 2 amide bonds. The molecule has 6 nitrogen and oxygen atoms in total. The molecule has 3 aliphatic heterocycles. The molecule has 1 saturated carbocycles. The average molecular weight is 506 g/mol. The van der Waals surface area contributed by atoms with Gasteiger partial charge in [-0.05, 0) is 63.0 Å². The first-order valence-corrected chi connectivity index (χ1v) is 13.1. The fourth-order valence-corrected chi connectivity index (χ4v) is 6.18. The molecule has 1 aromatic carbocycles. The Balaban J connectivity index is 1.26. The van der Waals surface area contributed by atoms with Crippen LogP contribution in [0.1, 0.15) is 72.9 Å². The molecule has 1 unspecified atom stereocenters. The molecule has 196 valence electrons. The van der Waals surface area contributed by atoms with Crippen LogP contribution in [0.15, 0.2) is 24.4 Å². The lowest BCUT2D eigenvalue weighted by atomic mass is 9.85. The van der Waals surface area contributed by atoms with E-state index in [1.807, 2.05) is 0 Å². The smallest absolute Gasteiger partial charge is 0.255 e. The fourth-order valence-electron chi connectivity index (χ4n) is 6.18. The van der Waals surface area contributed by atoms with Crippen LogP contribution in [-0.2, 0) is 22.5 Å². The van der Waals surface area contributed by atoms with Gasteiger partial charge in [0.2, 0.25) is 12.3 Å². The Morgan fingerprint density at radius 1 is 1.14 bits per heavy atom. The number of nitrogens with zero attached hydrogens (tertiary/aromatic N) is 1. The third-order valence-corrected chi connectivity index (χ3v) is 8.28. The zero-order valence-corrected chi connectivity index (χ0v) is 20.4. The van der Waals surface area contributed by atoms with Crippen molar-refractivity contribution in [1.29, 1.82) is 0 Å². The van der Waals surface area contributed by atoms with E-state index in [2.05, 4.69) is 17.2 Å². The lowest BCUT2D eigenvalue weighted by Gasteiger charge is -2.37. The summed E-state index contributed by atoms with van der Waals surface area (Å²) >= 11 is 0. The van der Waals surface area contributed by atoms with Crippen molar-refractivity contribution in [2.75, 3.05) is 6.61 Å². The standard InChI is InChI=1S/C27H34F3N3O3/c1-15-4-11-22(26(34)31-15)33-14-20-19(27(33)35)10-7-17(24(20)28)13-23-21(3-2-12-36-23)32-18-8-5-16(6-9-18)25(29)30/h7,10,16,18,21-23,25,32H,1-6,8-9,11-14H2,(H,31,34)/t16-,18-,21-,22?,23+/m0/s1. The number of amides is 2. The van der Waals surface area contributed by atoms with E-state index in [4.69, 9.17) is 4.74 Å². The molecule has 0 radical (unpaired) electrons. The second-order valence-electron chi connectivity index (χ2n) is 10.6. The number of ether oxygens (including phenoxy) is 1. The predicted molar refractivity (Wildman–Crippen MR) is 128 cm³/mol. The van der Waals surface area contributed by atoms with E-state index < -0.39 is 24.2 Å². The number of fused-ring (bicyclic) bond motifs is 1. The van der Waals surface area contributed by atoms with Crippen LogP contribution in [0.3, 0.4) is 0 Å². The lowest BCUT2D eigenvalue weighted by molar-refractivity contribution is -0.126. The van der Waals surface area contributed by atoms with Crippen LogP contribution in [-0.4, -0.2) is 54.0 Å². The summed E-state index contributed by atoms with van der Waals surface area (Å²) in [6.45, 7) is 4.44. The number of carbonyl (C=O) groups excluding carboxylic acids is 2. The Hall–Kier alpha value is -2.39. The van der Waals surface area contributed by atoms with Crippen LogP contribution >= 0.6 is 0 Å². The molecular formula is C27H34F3N3O3. The van der Waals surface area contributed by atoms with Gasteiger partial charge in [-0.1, -0.05) is 12.6 Å². The highest BCUT2D eigenvalue weighted by atomic mass is 19.3. The highest BCUT2D eigenvalue weighted by molar-refractivity contribution is 6.01. The molecule has 1 aliphatic carbocycles. The second-order valence-corrected chi connectivity index (χ2v) is 10.6. The summed E-state index contributed by atoms with van der Waals surface area (Å²) in [5.41, 5.74) is 1.76. The van der Waals surface area contributed by atoms with Gasteiger partial charge in [0.05, 0.1) is 12.6 Å². The number of rotatable bonds is 6. The van der Waals surface area contributed by atoms with Crippen LogP contribution in [0.25, 0.3) is 0 Å². The molecule has 2 saturated heterocycles. The first-order valence-electron chi connectivity index (χ1n) is 13.1. The van der Waals surface area contributed by atoms with E-state index in [0.717, 1.165) is 12.8 Å². The maximum Gasteiger partial charge on any atom is 0.255 e. The summed E-state index contributed by atoms with van der Waals surface area (Å²) in [5.74, 6) is -1.52. The second kappa shape index (κ2) is 10.5. The van der Waals surface area contributed by atoms with Gasteiger partial charge in [-0.25, -0.2) is 13.2 Å². The third-order valence-electron chi connectivity index (χ3n) is 8.28. The van der Waals surface area contributed by atoms with Crippen molar-refractivity contribution in [2.45, 2.75) is 95.0 Å². The zero-order valence-electron chi connectivity index (χ0n) is 20.4. The Kier molecular flexibility index (Phi) is 7.40. The molecule has 36 heavy (non-hydrogen) atoms. The van der Waals surface area contributed by atoms with E-state index in [0.29, 0.717) is 73.9 Å². The first kappa shape index (κ1) is 25.3. The van der Waals surface area contributed by atoms with Gasteiger partial charge >= 0.3 is 0 Å². The predicted octanol–water partition coefficient (Wildman–Crippen LogP) is 4.08. The minimum atomic E-state index is -2.26. The quantitative estimate of drug-likeness (QED) is 0.612. The van der Waals surface area contributed by atoms with Gasteiger partial charge < -0.3 is 20.3 Å². The van der Waals surface area contributed by atoms with Crippen LogP contribution in [0.2, 0.25) is 0 Å². The summed E-state index contributed by atoms with van der Waals surface area (Å²) in [6.07, 6.45) is 3.18. The SMILES string of the molecule is C=C1CCC(N2Cc3c(ccc(C[C@H]4OCCC[C@@H]4N[C@H]4CC[C@H](C(F)F)CC4)c3F)C2=O)C(=O)N1. The molecule has 3 fully saturated rings. The number of carbonyl (C=O) groups is 2. The normalized spacial score (nSPS) is 31.1. The molecule has 3 atom stereocenters. The third kappa shape index (κ3) is 5.05. The van der Waals surface area contributed by atoms with Crippen molar-refractivity contribution >= 4 is 11.8 Å². The van der Waals surface area contributed by atoms with Crippen LogP contribution in [0.4, 0.5) is 13.2 Å². The van der Waals surface area contributed by atoms with E-state index in [-0.39, 0.29) is 36.5 Å². The molecule has 1 aromatic rings. The number of piperidine rings is 1. The maximum atomic E-state index is 15.7. The highest BCUT2D eigenvalue weighted by Gasteiger charge is 2.40. The van der Waals surface area contributed by atoms with Crippen LogP contribution in [0, 0.1) is 11.7 Å². The van der Waals surface area contributed by atoms with Crippen molar-refractivity contribution < 1.29 is 27.5 Å². The number of hydrogen-bond acceptors (Lipinski definition) is 4. The van der Waals surface area contributed by atoms with Gasteiger partial charge in [0.15, 0.2) is 0 Å². The van der Waals surface area contributed by atoms with Gasteiger partial charge in [0, 0.05) is 47.9 Å². The Labute approximate surface area is 209 Å². The Bertz CT molecular complexity index is 1030. The summed E-state index contributed by atoms with van der Waals surface area (Å²) in [4.78, 5) is 26.9. The van der Waals surface area contributed by atoms with Gasteiger partial charge in [-0.3, -0.25) is 9.59 Å². The van der Waals surface area contributed by atoms with Crippen molar-refractivity contribution in [3.8, 4) is 0 Å². The Morgan fingerprint density at radius 2 is 1.92 bits per heavy atom. The minimum Gasteiger partial charge on any atom is -0.376 e. The highest BCUT2D eigenvalue weighted by Crippen LogP contribution is 2.33. The van der Waals surface area contributed by atoms with E-state index in [9.17, 15) is 18.4 Å². The topological polar surface area (TPSA) is 70.7 Å². The number of halogens is 3. The molecule has 0 spiro atoms. The Morgan fingerprint density at radius 3 is 2.64 bits per heavy atom. The number of nitrogens with one attached hydrogen (secondary N) is 2. The van der Waals surface area contributed by atoms with Crippen LogP contribution in [0.5, 0.6) is 0 Å².